The standard InChI is InChI=1S/C20H18O2.C13H10/c21-20(18-12-6-2-7-13-18,16-17-10-4-1-5-11-17)22-19-14-8-3-9-15-19;1-3-7-12-10(5-1)9-11-6-2-4-8-13(11)12/h1-15,21H,16H2;1-8H,9H2. The van der Waals surface area contributed by atoms with Crippen LogP contribution in [-0.4, -0.2) is 5.11 Å². The smallest absolute Gasteiger partial charge is 0.238 e. The monoisotopic (exact) mass is 456 g/mol. The van der Waals surface area contributed by atoms with E-state index in [4.69, 9.17) is 4.74 Å². The van der Waals surface area contributed by atoms with Crippen molar-refractivity contribution in [3.63, 3.8) is 0 Å². The molecule has 0 amide bonds. The normalized spacial score (nSPS) is 12.9. The predicted octanol–water partition coefficient (Wildman–Crippen LogP) is 7.41. The van der Waals surface area contributed by atoms with Gasteiger partial charge in [0.2, 0.25) is 5.79 Å². The molecule has 172 valence electrons. The lowest BCUT2D eigenvalue weighted by atomic mass is 9.97. The summed E-state index contributed by atoms with van der Waals surface area (Å²) in [7, 11) is 0. The zero-order chi connectivity index (χ0) is 23.9. The zero-order valence-electron chi connectivity index (χ0n) is 19.5. The maximum Gasteiger partial charge on any atom is 0.238 e. The van der Waals surface area contributed by atoms with Gasteiger partial charge in [-0.3, -0.25) is 0 Å². The Morgan fingerprint density at radius 3 is 1.57 bits per heavy atom. The second-order valence-corrected chi connectivity index (χ2v) is 8.72. The molecule has 1 atom stereocenters. The molecule has 2 heteroatoms. The van der Waals surface area contributed by atoms with E-state index in [1.807, 2.05) is 91.0 Å². The minimum Gasteiger partial charge on any atom is -0.458 e. The number of ether oxygens (including phenoxy) is 1. The van der Waals surface area contributed by atoms with Crippen LogP contribution in [0.15, 0.2) is 140 Å². The van der Waals surface area contributed by atoms with Crippen molar-refractivity contribution in [3.05, 3.63) is 162 Å². The number of hydrogen-bond donors (Lipinski definition) is 1. The van der Waals surface area contributed by atoms with Gasteiger partial charge in [0.25, 0.3) is 0 Å². The van der Waals surface area contributed by atoms with E-state index in [0.29, 0.717) is 12.2 Å². The highest BCUT2D eigenvalue weighted by Crippen LogP contribution is 2.35. The molecule has 5 aromatic carbocycles. The first-order chi connectivity index (χ1) is 17.2. The molecule has 0 spiro atoms. The highest BCUT2D eigenvalue weighted by atomic mass is 16.6. The van der Waals surface area contributed by atoms with Crippen molar-refractivity contribution < 1.29 is 9.84 Å². The second kappa shape index (κ2) is 10.4. The van der Waals surface area contributed by atoms with Crippen LogP contribution < -0.4 is 4.74 Å². The second-order valence-electron chi connectivity index (χ2n) is 8.72. The molecule has 0 bridgehead atoms. The third-order valence-electron chi connectivity index (χ3n) is 6.25. The molecule has 0 aromatic heterocycles. The van der Waals surface area contributed by atoms with Gasteiger partial charge in [-0.1, -0.05) is 127 Å². The summed E-state index contributed by atoms with van der Waals surface area (Å²) >= 11 is 0. The Morgan fingerprint density at radius 2 is 1.00 bits per heavy atom. The summed E-state index contributed by atoms with van der Waals surface area (Å²) in [6, 6.07) is 46.1. The number of aliphatic hydroxyl groups is 1. The number of fused-ring (bicyclic) bond motifs is 3. The summed E-state index contributed by atoms with van der Waals surface area (Å²) in [4.78, 5) is 0. The zero-order valence-corrected chi connectivity index (χ0v) is 19.5. The molecule has 1 unspecified atom stereocenters. The fourth-order valence-corrected chi connectivity index (χ4v) is 4.53. The van der Waals surface area contributed by atoms with E-state index in [-0.39, 0.29) is 0 Å². The molecule has 0 aliphatic heterocycles. The molecule has 0 saturated carbocycles. The van der Waals surface area contributed by atoms with Gasteiger partial charge in [-0.2, -0.15) is 0 Å². The average molecular weight is 457 g/mol. The van der Waals surface area contributed by atoms with Crippen molar-refractivity contribution in [1.29, 1.82) is 0 Å². The van der Waals surface area contributed by atoms with Gasteiger partial charge in [0.1, 0.15) is 5.75 Å². The van der Waals surface area contributed by atoms with E-state index < -0.39 is 5.79 Å². The van der Waals surface area contributed by atoms with Crippen LogP contribution in [0.1, 0.15) is 22.3 Å². The van der Waals surface area contributed by atoms with E-state index in [2.05, 4.69) is 48.5 Å². The van der Waals surface area contributed by atoms with Crippen LogP contribution in [0.4, 0.5) is 0 Å². The van der Waals surface area contributed by atoms with Gasteiger partial charge in [0.05, 0.1) is 0 Å². The summed E-state index contributed by atoms with van der Waals surface area (Å²) in [5.41, 5.74) is 7.51. The maximum absolute atomic E-state index is 11.2. The third-order valence-corrected chi connectivity index (χ3v) is 6.25. The van der Waals surface area contributed by atoms with Crippen LogP contribution >= 0.6 is 0 Å². The van der Waals surface area contributed by atoms with E-state index in [0.717, 1.165) is 17.5 Å². The minimum atomic E-state index is -1.40. The van der Waals surface area contributed by atoms with Crippen LogP contribution in [0.5, 0.6) is 5.75 Å². The van der Waals surface area contributed by atoms with Crippen molar-refractivity contribution in [2.45, 2.75) is 18.6 Å². The van der Waals surface area contributed by atoms with E-state index in [1.54, 1.807) is 0 Å². The molecular weight excluding hydrogens is 428 g/mol. The fraction of sp³-hybridized carbons (Fsp3) is 0.0909. The highest BCUT2D eigenvalue weighted by molar-refractivity contribution is 5.76. The first kappa shape index (κ1) is 22.6. The molecular formula is C33H28O2. The van der Waals surface area contributed by atoms with Crippen molar-refractivity contribution in [2.75, 3.05) is 0 Å². The van der Waals surface area contributed by atoms with Crippen LogP contribution in [0.2, 0.25) is 0 Å². The lowest BCUT2D eigenvalue weighted by Crippen LogP contribution is -2.35. The van der Waals surface area contributed by atoms with Crippen LogP contribution in [0.25, 0.3) is 11.1 Å². The topological polar surface area (TPSA) is 29.5 Å². The molecule has 0 heterocycles. The molecule has 5 aromatic rings. The number of para-hydroxylation sites is 1. The minimum absolute atomic E-state index is 0.382. The first-order valence-corrected chi connectivity index (χ1v) is 11.9. The summed E-state index contributed by atoms with van der Waals surface area (Å²) < 4.78 is 5.95. The Labute approximate surface area is 207 Å². The maximum atomic E-state index is 11.2. The Morgan fingerprint density at radius 1 is 0.543 bits per heavy atom. The third kappa shape index (κ3) is 5.34. The van der Waals surface area contributed by atoms with E-state index in [1.165, 1.54) is 22.3 Å². The molecule has 1 N–H and O–H groups in total. The predicted molar refractivity (Wildman–Crippen MR) is 142 cm³/mol. The van der Waals surface area contributed by atoms with Gasteiger partial charge >= 0.3 is 0 Å². The molecule has 0 fully saturated rings. The van der Waals surface area contributed by atoms with Crippen LogP contribution in [0, 0.1) is 0 Å². The average Bonchev–Trinajstić information content (AvgIpc) is 3.30. The van der Waals surface area contributed by atoms with Crippen molar-refractivity contribution in [3.8, 4) is 16.9 Å². The largest absolute Gasteiger partial charge is 0.458 e. The number of rotatable bonds is 5. The quantitative estimate of drug-likeness (QED) is 0.274. The molecule has 0 saturated heterocycles. The Balaban J connectivity index is 0.000000164. The molecule has 2 nitrogen and oxygen atoms in total. The SMILES string of the molecule is OC(Cc1ccccc1)(Oc1ccccc1)c1ccccc1.c1ccc2c(c1)Cc1ccccc1-2. The van der Waals surface area contributed by atoms with Crippen LogP contribution in [-0.2, 0) is 18.6 Å². The van der Waals surface area contributed by atoms with Gasteiger partial charge in [-0.05, 0) is 46.4 Å². The van der Waals surface area contributed by atoms with E-state index >= 15 is 0 Å². The number of hydrogen-bond acceptors (Lipinski definition) is 2. The molecule has 6 rings (SSSR count). The van der Waals surface area contributed by atoms with Gasteiger partial charge < -0.3 is 9.84 Å². The highest BCUT2D eigenvalue weighted by Gasteiger charge is 2.32. The van der Waals surface area contributed by atoms with Gasteiger partial charge in [-0.25, -0.2) is 0 Å². The Kier molecular flexibility index (Phi) is 6.74. The van der Waals surface area contributed by atoms with Gasteiger partial charge in [0.15, 0.2) is 0 Å². The molecule has 0 radical (unpaired) electrons. The van der Waals surface area contributed by atoms with Crippen molar-refractivity contribution in [1.82, 2.24) is 0 Å². The van der Waals surface area contributed by atoms with Crippen LogP contribution in [0.3, 0.4) is 0 Å². The summed E-state index contributed by atoms with van der Waals surface area (Å²) in [6.45, 7) is 0. The molecule has 35 heavy (non-hydrogen) atoms. The number of benzene rings is 5. The lowest BCUT2D eigenvalue weighted by molar-refractivity contribution is -0.144. The first-order valence-electron chi connectivity index (χ1n) is 11.9. The van der Waals surface area contributed by atoms with Crippen molar-refractivity contribution >= 4 is 0 Å². The molecule has 1 aliphatic rings. The summed E-state index contributed by atoms with van der Waals surface area (Å²) in [5.74, 6) is -0.756. The lowest BCUT2D eigenvalue weighted by Gasteiger charge is -2.29. The fourth-order valence-electron chi connectivity index (χ4n) is 4.53. The summed E-state index contributed by atoms with van der Waals surface area (Å²) in [6.07, 6.45) is 1.49. The van der Waals surface area contributed by atoms with E-state index in [9.17, 15) is 5.11 Å². The molecule has 1 aliphatic carbocycles. The van der Waals surface area contributed by atoms with Gasteiger partial charge in [0, 0.05) is 12.0 Å². The summed E-state index contributed by atoms with van der Waals surface area (Å²) in [5, 5.41) is 11.2. The van der Waals surface area contributed by atoms with Gasteiger partial charge in [-0.15, -0.1) is 0 Å². The van der Waals surface area contributed by atoms with Crippen molar-refractivity contribution in [2.24, 2.45) is 0 Å². The Bertz CT molecular complexity index is 1280. The Hall–Kier alpha value is -4.14.